The molecule has 0 saturated heterocycles. The minimum Gasteiger partial charge on any atom is -0.465 e. The summed E-state index contributed by atoms with van der Waals surface area (Å²) < 4.78 is 9.36. The maximum absolute atomic E-state index is 12.3. The summed E-state index contributed by atoms with van der Waals surface area (Å²) >= 11 is 0. The molecular weight excluding hydrogens is 348 g/mol. The highest BCUT2D eigenvalue weighted by atomic mass is 16.5. The number of esters is 2. The second-order valence-corrected chi connectivity index (χ2v) is 5.69. The Morgan fingerprint density at radius 1 is 0.926 bits per heavy atom. The van der Waals surface area contributed by atoms with E-state index in [1.54, 1.807) is 0 Å². The number of nitrogens with one attached hydrogen (secondary N) is 2. The molecule has 2 aromatic carbocycles. The minimum atomic E-state index is -0.619. The summed E-state index contributed by atoms with van der Waals surface area (Å²) in [5.74, 6) is -1.56. The first kappa shape index (κ1) is 20.0. The number of benzene rings is 2. The number of ether oxygens (including phenoxy) is 2. The molecule has 0 unspecified atom stereocenters. The van der Waals surface area contributed by atoms with Gasteiger partial charge in [0.1, 0.15) is 0 Å². The maximum Gasteiger partial charge on any atom is 0.337 e. The lowest BCUT2D eigenvalue weighted by molar-refractivity contribution is -0.114. The summed E-state index contributed by atoms with van der Waals surface area (Å²) in [5, 5.41) is 5.76. The molecule has 1 amide bonds. The smallest absolute Gasteiger partial charge is 0.337 e. The Labute approximate surface area is 157 Å². The molecule has 2 aromatic rings. The summed E-state index contributed by atoms with van der Waals surface area (Å²) in [6.45, 7) is 2.07. The van der Waals surface area contributed by atoms with E-state index < -0.39 is 11.9 Å². The van der Waals surface area contributed by atoms with Crippen LogP contribution in [0.1, 0.15) is 33.2 Å². The minimum absolute atomic E-state index is 0.0347. The molecule has 0 aliphatic carbocycles. The van der Waals surface area contributed by atoms with E-state index in [2.05, 4.69) is 20.1 Å². The van der Waals surface area contributed by atoms with Gasteiger partial charge in [0.05, 0.1) is 31.9 Å². The van der Waals surface area contributed by atoms with Crippen molar-refractivity contribution in [2.75, 3.05) is 31.4 Å². The number of hydrogen-bond donors (Lipinski definition) is 2. The van der Waals surface area contributed by atoms with Gasteiger partial charge in [-0.3, -0.25) is 4.79 Å². The molecule has 0 atom stereocenters. The molecule has 0 aliphatic heterocycles. The Bertz CT molecular complexity index is 814. The fraction of sp³-hybridized carbons (Fsp3) is 0.250. The summed E-state index contributed by atoms with van der Waals surface area (Å²) in [5.41, 5.74) is 2.56. The highest BCUT2D eigenvalue weighted by Crippen LogP contribution is 2.18. The van der Waals surface area contributed by atoms with Crippen molar-refractivity contribution in [2.24, 2.45) is 0 Å². The molecule has 2 rings (SSSR count). The van der Waals surface area contributed by atoms with Crippen LogP contribution in [0, 0.1) is 0 Å². The highest BCUT2D eigenvalue weighted by molar-refractivity contribution is 6.00. The van der Waals surface area contributed by atoms with E-state index in [1.165, 1.54) is 32.4 Å². The van der Waals surface area contributed by atoms with Gasteiger partial charge in [0.2, 0.25) is 5.91 Å². The van der Waals surface area contributed by atoms with Crippen LogP contribution in [-0.2, 0) is 20.7 Å². The first-order valence-electron chi connectivity index (χ1n) is 8.41. The van der Waals surface area contributed by atoms with Crippen molar-refractivity contribution in [1.29, 1.82) is 0 Å². The fourth-order valence-electron chi connectivity index (χ4n) is 2.55. The van der Waals surface area contributed by atoms with Crippen LogP contribution >= 0.6 is 0 Å². The molecule has 2 N–H and O–H groups in total. The molecule has 0 aromatic heterocycles. The molecule has 0 heterocycles. The number of amides is 1. The lowest BCUT2D eigenvalue weighted by Crippen LogP contribution is -2.22. The van der Waals surface area contributed by atoms with Crippen molar-refractivity contribution in [3.63, 3.8) is 0 Å². The lowest BCUT2D eigenvalue weighted by atomic mass is 10.1. The first-order chi connectivity index (χ1) is 13.0. The zero-order valence-corrected chi connectivity index (χ0v) is 15.5. The van der Waals surface area contributed by atoms with E-state index in [0.29, 0.717) is 5.69 Å². The van der Waals surface area contributed by atoms with Gasteiger partial charge in [-0.15, -0.1) is 0 Å². The van der Waals surface area contributed by atoms with Crippen LogP contribution < -0.4 is 10.6 Å². The number of aryl methyl sites for hydroxylation is 1. The number of carbonyl (C=O) groups is 3. The zero-order valence-electron chi connectivity index (χ0n) is 15.5. The predicted octanol–water partition coefficient (Wildman–Crippen LogP) is 2.87. The van der Waals surface area contributed by atoms with Gasteiger partial charge in [-0.25, -0.2) is 9.59 Å². The van der Waals surface area contributed by atoms with Crippen molar-refractivity contribution in [2.45, 2.75) is 13.3 Å². The normalized spacial score (nSPS) is 10.0. The molecule has 0 saturated carbocycles. The Hall–Kier alpha value is -3.35. The van der Waals surface area contributed by atoms with Gasteiger partial charge >= 0.3 is 11.9 Å². The lowest BCUT2D eigenvalue weighted by Gasteiger charge is -2.12. The van der Waals surface area contributed by atoms with Crippen molar-refractivity contribution < 1.29 is 23.9 Å². The van der Waals surface area contributed by atoms with Crippen LogP contribution in [0.2, 0.25) is 0 Å². The third-order valence-corrected chi connectivity index (χ3v) is 3.90. The quantitative estimate of drug-likeness (QED) is 0.728. The fourth-order valence-corrected chi connectivity index (χ4v) is 2.55. The second-order valence-electron chi connectivity index (χ2n) is 5.69. The number of anilines is 2. The molecule has 142 valence electrons. The number of carbonyl (C=O) groups excluding carboxylic acids is 3. The van der Waals surface area contributed by atoms with Crippen LogP contribution in [0.5, 0.6) is 0 Å². The van der Waals surface area contributed by atoms with E-state index in [9.17, 15) is 14.4 Å². The first-order valence-corrected chi connectivity index (χ1v) is 8.41. The zero-order chi connectivity index (χ0) is 19.8. The third kappa shape index (κ3) is 5.31. The number of para-hydroxylation sites is 1. The van der Waals surface area contributed by atoms with Crippen LogP contribution in [0.25, 0.3) is 0 Å². The standard InChI is InChI=1S/C20H22N2O5/c1-4-13-7-5-6-8-17(13)21-12-18(23)22-16-10-14(19(24)26-2)9-15(11-16)20(25)27-3/h5-11,21H,4,12H2,1-3H3,(H,22,23). The molecule has 0 radical (unpaired) electrons. The van der Waals surface area contributed by atoms with E-state index in [0.717, 1.165) is 17.7 Å². The predicted molar refractivity (Wildman–Crippen MR) is 102 cm³/mol. The van der Waals surface area contributed by atoms with Crippen molar-refractivity contribution in [1.82, 2.24) is 0 Å². The van der Waals surface area contributed by atoms with Crippen LogP contribution in [0.15, 0.2) is 42.5 Å². The van der Waals surface area contributed by atoms with Gasteiger partial charge in [-0.05, 0) is 36.2 Å². The van der Waals surface area contributed by atoms with E-state index >= 15 is 0 Å². The largest absolute Gasteiger partial charge is 0.465 e. The summed E-state index contributed by atoms with van der Waals surface area (Å²) in [7, 11) is 2.47. The molecule has 0 bridgehead atoms. The average Bonchev–Trinajstić information content (AvgIpc) is 2.70. The van der Waals surface area contributed by atoms with Gasteiger partial charge in [0.25, 0.3) is 0 Å². The molecule has 0 aliphatic rings. The van der Waals surface area contributed by atoms with Crippen molar-refractivity contribution >= 4 is 29.2 Å². The van der Waals surface area contributed by atoms with Crippen LogP contribution in [0.3, 0.4) is 0 Å². The average molecular weight is 370 g/mol. The Morgan fingerprint density at radius 3 is 2.07 bits per heavy atom. The van der Waals surface area contributed by atoms with E-state index in [1.807, 2.05) is 31.2 Å². The van der Waals surface area contributed by atoms with Gasteiger partial charge in [0.15, 0.2) is 0 Å². The maximum atomic E-state index is 12.3. The number of methoxy groups -OCH3 is 2. The summed E-state index contributed by atoms with van der Waals surface area (Å²) in [6, 6.07) is 12.0. The topological polar surface area (TPSA) is 93.7 Å². The molecule has 27 heavy (non-hydrogen) atoms. The van der Waals surface area contributed by atoms with E-state index in [4.69, 9.17) is 0 Å². The van der Waals surface area contributed by atoms with Gasteiger partial charge < -0.3 is 20.1 Å². The van der Waals surface area contributed by atoms with Gasteiger partial charge in [0, 0.05) is 11.4 Å². The second kappa shape index (κ2) is 9.38. The van der Waals surface area contributed by atoms with Crippen molar-refractivity contribution in [3.8, 4) is 0 Å². The monoisotopic (exact) mass is 370 g/mol. The molecule has 0 spiro atoms. The number of hydrogen-bond acceptors (Lipinski definition) is 6. The van der Waals surface area contributed by atoms with Crippen molar-refractivity contribution in [3.05, 3.63) is 59.2 Å². The highest BCUT2D eigenvalue weighted by Gasteiger charge is 2.15. The SMILES string of the molecule is CCc1ccccc1NCC(=O)Nc1cc(C(=O)OC)cc(C(=O)OC)c1. The molecular formula is C20H22N2O5. The molecule has 7 heteroatoms. The Morgan fingerprint density at radius 2 is 1.52 bits per heavy atom. The molecule has 7 nitrogen and oxygen atoms in total. The summed E-state index contributed by atoms with van der Waals surface area (Å²) in [4.78, 5) is 35.9. The summed E-state index contributed by atoms with van der Waals surface area (Å²) in [6.07, 6.45) is 0.842. The number of rotatable bonds is 7. The van der Waals surface area contributed by atoms with Crippen LogP contribution in [0.4, 0.5) is 11.4 Å². The Balaban J connectivity index is 2.14. The third-order valence-electron chi connectivity index (χ3n) is 3.90. The van der Waals surface area contributed by atoms with Gasteiger partial charge in [-0.2, -0.15) is 0 Å². The van der Waals surface area contributed by atoms with E-state index in [-0.39, 0.29) is 23.6 Å². The Kier molecular flexibility index (Phi) is 6.93. The van der Waals surface area contributed by atoms with Crippen LogP contribution in [-0.4, -0.2) is 38.6 Å². The van der Waals surface area contributed by atoms with Gasteiger partial charge in [-0.1, -0.05) is 25.1 Å². The molecule has 0 fully saturated rings.